The lowest BCUT2D eigenvalue weighted by Gasteiger charge is -2.26. The van der Waals surface area contributed by atoms with Crippen LogP contribution in [0.2, 0.25) is 5.02 Å². The standard InChI is InChI=1S/C18H25ClN2O3/c1-18(2,3)24-17(22)21-10-12-8-20(9-13(12)11-21)14-5-6-15(19)16(7-14)23-4/h5-7,12-13H,8-11H2,1-4H3. The van der Waals surface area contributed by atoms with Gasteiger partial charge in [-0.1, -0.05) is 11.6 Å². The largest absolute Gasteiger partial charge is 0.495 e. The molecule has 0 radical (unpaired) electrons. The predicted octanol–water partition coefficient (Wildman–Crippen LogP) is 3.65. The number of nitrogens with zero attached hydrogens (tertiary/aromatic N) is 2. The molecule has 2 heterocycles. The smallest absolute Gasteiger partial charge is 0.410 e. The zero-order valence-electron chi connectivity index (χ0n) is 14.7. The van der Waals surface area contributed by atoms with Crippen LogP contribution in [0.4, 0.5) is 10.5 Å². The molecule has 0 saturated carbocycles. The molecular weight excluding hydrogens is 328 g/mol. The molecule has 2 aliphatic heterocycles. The van der Waals surface area contributed by atoms with Crippen LogP contribution in [0.5, 0.6) is 5.75 Å². The van der Waals surface area contributed by atoms with E-state index in [2.05, 4.69) is 4.90 Å². The number of hydrogen-bond acceptors (Lipinski definition) is 4. The second kappa shape index (κ2) is 6.36. The minimum Gasteiger partial charge on any atom is -0.495 e. The monoisotopic (exact) mass is 352 g/mol. The van der Waals surface area contributed by atoms with E-state index in [1.165, 1.54) is 0 Å². The van der Waals surface area contributed by atoms with Gasteiger partial charge in [0.25, 0.3) is 0 Å². The SMILES string of the molecule is COc1cc(N2CC3CN(C(=O)OC(C)(C)C)CC3C2)ccc1Cl. The maximum absolute atomic E-state index is 12.2. The van der Waals surface area contributed by atoms with Crippen molar-refractivity contribution in [1.82, 2.24) is 4.90 Å². The quantitative estimate of drug-likeness (QED) is 0.814. The maximum atomic E-state index is 12.2. The Kier molecular flexibility index (Phi) is 4.56. The van der Waals surface area contributed by atoms with Gasteiger partial charge in [0.05, 0.1) is 12.1 Å². The summed E-state index contributed by atoms with van der Waals surface area (Å²) in [5.74, 6) is 1.67. The van der Waals surface area contributed by atoms with E-state index < -0.39 is 5.60 Å². The summed E-state index contributed by atoms with van der Waals surface area (Å²) in [4.78, 5) is 16.4. The molecule has 5 nitrogen and oxygen atoms in total. The Morgan fingerprint density at radius 2 is 1.79 bits per heavy atom. The summed E-state index contributed by atoms with van der Waals surface area (Å²) in [7, 11) is 1.63. The number of methoxy groups -OCH3 is 1. The van der Waals surface area contributed by atoms with Crippen molar-refractivity contribution in [3.8, 4) is 5.75 Å². The van der Waals surface area contributed by atoms with Crippen molar-refractivity contribution >= 4 is 23.4 Å². The number of rotatable bonds is 2. The van der Waals surface area contributed by atoms with E-state index in [0.29, 0.717) is 22.6 Å². The van der Waals surface area contributed by atoms with Crippen LogP contribution in [0.3, 0.4) is 0 Å². The lowest BCUT2D eigenvalue weighted by molar-refractivity contribution is 0.0282. The number of fused-ring (bicyclic) bond motifs is 1. The molecule has 1 amide bonds. The van der Waals surface area contributed by atoms with Crippen LogP contribution in [0.1, 0.15) is 20.8 Å². The third kappa shape index (κ3) is 3.56. The lowest BCUT2D eigenvalue weighted by atomic mass is 10.0. The third-order valence-corrected chi connectivity index (χ3v) is 4.95. The molecule has 0 bridgehead atoms. The fraction of sp³-hybridized carbons (Fsp3) is 0.611. The summed E-state index contributed by atoms with van der Waals surface area (Å²) >= 11 is 6.10. The third-order valence-electron chi connectivity index (χ3n) is 4.64. The summed E-state index contributed by atoms with van der Waals surface area (Å²) in [5, 5.41) is 0.622. The van der Waals surface area contributed by atoms with Crippen molar-refractivity contribution in [2.75, 3.05) is 38.2 Å². The number of likely N-dealkylation sites (tertiary alicyclic amines) is 1. The van der Waals surface area contributed by atoms with Crippen molar-refractivity contribution in [2.45, 2.75) is 26.4 Å². The van der Waals surface area contributed by atoms with Crippen molar-refractivity contribution in [1.29, 1.82) is 0 Å². The molecule has 2 saturated heterocycles. The normalized spacial score (nSPS) is 23.4. The summed E-state index contributed by atoms with van der Waals surface area (Å²) in [6.45, 7) is 9.11. The minimum absolute atomic E-state index is 0.198. The van der Waals surface area contributed by atoms with Gasteiger partial charge in [0.1, 0.15) is 11.4 Å². The Hall–Kier alpha value is -1.62. The zero-order valence-corrected chi connectivity index (χ0v) is 15.5. The highest BCUT2D eigenvalue weighted by Gasteiger charge is 2.42. The van der Waals surface area contributed by atoms with Gasteiger partial charge in [-0.05, 0) is 32.9 Å². The van der Waals surface area contributed by atoms with Crippen molar-refractivity contribution in [3.63, 3.8) is 0 Å². The van der Waals surface area contributed by atoms with Crippen LogP contribution >= 0.6 is 11.6 Å². The average molecular weight is 353 g/mol. The first-order chi connectivity index (χ1) is 11.3. The number of hydrogen-bond donors (Lipinski definition) is 0. The fourth-order valence-electron chi connectivity index (χ4n) is 3.52. The molecule has 0 spiro atoms. The summed E-state index contributed by atoms with van der Waals surface area (Å²) in [6.07, 6.45) is -0.198. The number of ether oxygens (including phenoxy) is 2. The Morgan fingerprint density at radius 3 is 2.33 bits per heavy atom. The van der Waals surface area contributed by atoms with Gasteiger partial charge in [-0.25, -0.2) is 4.79 Å². The van der Waals surface area contributed by atoms with Crippen LogP contribution in [-0.2, 0) is 4.74 Å². The van der Waals surface area contributed by atoms with Gasteiger partial charge in [-0.3, -0.25) is 0 Å². The first-order valence-electron chi connectivity index (χ1n) is 8.33. The second-order valence-electron chi connectivity index (χ2n) is 7.63. The summed E-state index contributed by atoms with van der Waals surface area (Å²) in [6, 6.07) is 5.88. The van der Waals surface area contributed by atoms with Gasteiger partial charge in [0, 0.05) is 49.8 Å². The molecule has 3 rings (SSSR count). The molecule has 6 heteroatoms. The van der Waals surface area contributed by atoms with Crippen LogP contribution in [-0.4, -0.2) is 49.9 Å². The number of benzene rings is 1. The number of amides is 1. The molecule has 0 aromatic heterocycles. The molecule has 0 N–H and O–H groups in total. The van der Waals surface area contributed by atoms with Crippen LogP contribution in [0.25, 0.3) is 0 Å². The lowest BCUT2D eigenvalue weighted by Crippen LogP contribution is -2.37. The maximum Gasteiger partial charge on any atom is 0.410 e. The summed E-state index contributed by atoms with van der Waals surface area (Å²) < 4.78 is 10.8. The van der Waals surface area contributed by atoms with Crippen molar-refractivity contribution in [3.05, 3.63) is 23.2 Å². The van der Waals surface area contributed by atoms with Gasteiger partial charge in [-0.15, -0.1) is 0 Å². The minimum atomic E-state index is -0.444. The molecule has 1 aromatic rings. The average Bonchev–Trinajstić information content (AvgIpc) is 3.04. The summed E-state index contributed by atoms with van der Waals surface area (Å²) in [5.41, 5.74) is 0.676. The number of carbonyl (C=O) groups is 1. The van der Waals surface area contributed by atoms with Crippen molar-refractivity contribution in [2.24, 2.45) is 11.8 Å². The Balaban J connectivity index is 1.62. The first-order valence-corrected chi connectivity index (χ1v) is 8.71. The Labute approximate surface area is 148 Å². The molecule has 24 heavy (non-hydrogen) atoms. The predicted molar refractivity (Wildman–Crippen MR) is 95.0 cm³/mol. The van der Waals surface area contributed by atoms with Crippen LogP contribution < -0.4 is 9.64 Å². The van der Waals surface area contributed by atoms with Crippen LogP contribution in [0, 0.1) is 11.8 Å². The van der Waals surface area contributed by atoms with Crippen LogP contribution in [0.15, 0.2) is 18.2 Å². The van der Waals surface area contributed by atoms with Gasteiger partial charge in [0.15, 0.2) is 0 Å². The van der Waals surface area contributed by atoms with E-state index in [9.17, 15) is 4.79 Å². The molecule has 2 fully saturated rings. The first kappa shape index (κ1) is 17.2. The highest BCUT2D eigenvalue weighted by atomic mass is 35.5. The van der Waals surface area contributed by atoms with E-state index in [4.69, 9.17) is 21.1 Å². The molecule has 2 atom stereocenters. The Bertz CT molecular complexity index is 615. The van der Waals surface area contributed by atoms with E-state index in [0.717, 1.165) is 31.9 Å². The van der Waals surface area contributed by atoms with Gasteiger partial charge >= 0.3 is 6.09 Å². The van der Waals surface area contributed by atoms with E-state index in [1.807, 2.05) is 43.9 Å². The van der Waals surface area contributed by atoms with Gasteiger partial charge in [-0.2, -0.15) is 0 Å². The second-order valence-corrected chi connectivity index (χ2v) is 8.04. The molecular formula is C18H25ClN2O3. The fourth-order valence-corrected chi connectivity index (χ4v) is 3.72. The number of halogens is 1. The van der Waals surface area contributed by atoms with Gasteiger partial charge < -0.3 is 19.3 Å². The van der Waals surface area contributed by atoms with Crippen molar-refractivity contribution < 1.29 is 14.3 Å². The molecule has 1 aromatic carbocycles. The molecule has 0 aliphatic carbocycles. The highest BCUT2D eigenvalue weighted by Crippen LogP contribution is 2.37. The van der Waals surface area contributed by atoms with E-state index in [-0.39, 0.29) is 6.09 Å². The van der Waals surface area contributed by atoms with E-state index in [1.54, 1.807) is 7.11 Å². The van der Waals surface area contributed by atoms with E-state index >= 15 is 0 Å². The number of anilines is 1. The highest BCUT2D eigenvalue weighted by molar-refractivity contribution is 6.32. The Morgan fingerprint density at radius 1 is 1.17 bits per heavy atom. The topological polar surface area (TPSA) is 42.0 Å². The molecule has 2 aliphatic rings. The molecule has 132 valence electrons. The van der Waals surface area contributed by atoms with Gasteiger partial charge in [0.2, 0.25) is 0 Å². The molecule has 2 unspecified atom stereocenters. The number of carbonyl (C=O) groups excluding carboxylic acids is 1. The zero-order chi connectivity index (χ0) is 17.5.